The van der Waals surface area contributed by atoms with E-state index in [1.807, 2.05) is 0 Å². The maximum absolute atomic E-state index is 3.54. The van der Waals surface area contributed by atoms with E-state index in [9.17, 15) is 0 Å². The summed E-state index contributed by atoms with van der Waals surface area (Å²) in [5.74, 6) is 0. The van der Waals surface area contributed by atoms with Crippen LogP contribution in [0, 0.1) is 0 Å². The van der Waals surface area contributed by atoms with Gasteiger partial charge in [0.25, 0.3) is 0 Å². The maximum Gasteiger partial charge on any atom is 0.0237 e. The Morgan fingerprint density at radius 3 is 2.39 bits per heavy atom. The van der Waals surface area contributed by atoms with Gasteiger partial charge in [0.15, 0.2) is 0 Å². The molecule has 102 valence electrons. The highest BCUT2D eigenvalue weighted by atomic mass is 15.2. The highest BCUT2D eigenvalue weighted by Crippen LogP contribution is 2.10. The molecule has 0 amide bonds. The van der Waals surface area contributed by atoms with Crippen LogP contribution >= 0.6 is 0 Å². The van der Waals surface area contributed by atoms with E-state index in [4.69, 9.17) is 0 Å². The zero-order chi connectivity index (χ0) is 13.2. The van der Waals surface area contributed by atoms with E-state index in [1.54, 1.807) is 0 Å². The molecule has 2 heteroatoms. The third kappa shape index (κ3) is 5.19. The molecule has 0 heterocycles. The van der Waals surface area contributed by atoms with Crippen LogP contribution in [0.5, 0.6) is 0 Å². The third-order valence-electron chi connectivity index (χ3n) is 3.43. The number of hydrogen-bond donors (Lipinski definition) is 1. The van der Waals surface area contributed by atoms with Crippen LogP contribution in [0.2, 0.25) is 0 Å². The van der Waals surface area contributed by atoms with Crippen molar-refractivity contribution in [1.82, 2.24) is 10.2 Å². The lowest BCUT2D eigenvalue weighted by atomic mass is 10.1. The molecule has 0 saturated carbocycles. The van der Waals surface area contributed by atoms with Crippen LogP contribution in [0.1, 0.15) is 39.2 Å². The largest absolute Gasteiger partial charge is 0.315 e. The Labute approximate surface area is 112 Å². The Morgan fingerprint density at radius 1 is 1.11 bits per heavy atom. The SMILES string of the molecule is CCCNCC(CC)N(CC)Cc1ccccc1. The number of benzene rings is 1. The lowest BCUT2D eigenvalue weighted by Gasteiger charge is -2.30. The Balaban J connectivity index is 2.51. The first-order chi connectivity index (χ1) is 8.81. The van der Waals surface area contributed by atoms with Gasteiger partial charge < -0.3 is 5.32 Å². The lowest BCUT2D eigenvalue weighted by molar-refractivity contribution is 0.187. The number of rotatable bonds is 9. The van der Waals surface area contributed by atoms with Crippen molar-refractivity contribution in [3.05, 3.63) is 35.9 Å². The summed E-state index contributed by atoms with van der Waals surface area (Å²) in [6.07, 6.45) is 2.42. The molecule has 1 aromatic carbocycles. The Kier molecular flexibility index (Phi) is 7.70. The Morgan fingerprint density at radius 2 is 1.83 bits per heavy atom. The Bertz CT molecular complexity index is 297. The first-order valence-electron chi connectivity index (χ1n) is 7.30. The molecule has 1 rings (SSSR count). The van der Waals surface area contributed by atoms with E-state index in [0.717, 1.165) is 26.2 Å². The predicted molar refractivity (Wildman–Crippen MR) is 79.8 cm³/mol. The molecule has 1 unspecified atom stereocenters. The molecule has 0 fully saturated rings. The predicted octanol–water partition coefficient (Wildman–Crippen LogP) is 3.29. The van der Waals surface area contributed by atoms with Crippen LogP contribution in [0.4, 0.5) is 0 Å². The van der Waals surface area contributed by atoms with Crippen molar-refractivity contribution in [2.45, 2.75) is 46.2 Å². The van der Waals surface area contributed by atoms with Gasteiger partial charge >= 0.3 is 0 Å². The minimum absolute atomic E-state index is 0.641. The number of likely N-dealkylation sites (N-methyl/N-ethyl adjacent to an activating group) is 1. The zero-order valence-corrected chi connectivity index (χ0v) is 12.2. The molecule has 1 N–H and O–H groups in total. The maximum atomic E-state index is 3.54. The summed E-state index contributed by atoms with van der Waals surface area (Å²) in [7, 11) is 0. The summed E-state index contributed by atoms with van der Waals surface area (Å²) in [4.78, 5) is 2.57. The number of nitrogens with one attached hydrogen (secondary N) is 1. The topological polar surface area (TPSA) is 15.3 Å². The van der Waals surface area contributed by atoms with Crippen LogP contribution in [0.15, 0.2) is 30.3 Å². The first-order valence-corrected chi connectivity index (χ1v) is 7.30. The summed E-state index contributed by atoms with van der Waals surface area (Å²) < 4.78 is 0. The van der Waals surface area contributed by atoms with Gasteiger partial charge in [-0.2, -0.15) is 0 Å². The molecule has 0 saturated heterocycles. The molecule has 0 spiro atoms. The summed E-state index contributed by atoms with van der Waals surface area (Å²) >= 11 is 0. The van der Waals surface area contributed by atoms with Gasteiger partial charge in [0.05, 0.1) is 0 Å². The van der Waals surface area contributed by atoms with E-state index in [0.29, 0.717) is 6.04 Å². The fourth-order valence-corrected chi connectivity index (χ4v) is 2.29. The van der Waals surface area contributed by atoms with E-state index >= 15 is 0 Å². The normalized spacial score (nSPS) is 12.9. The summed E-state index contributed by atoms with van der Waals surface area (Å²) in [5.41, 5.74) is 1.41. The van der Waals surface area contributed by atoms with Crippen molar-refractivity contribution in [3.63, 3.8) is 0 Å². The molecule has 2 nitrogen and oxygen atoms in total. The highest BCUT2D eigenvalue weighted by Gasteiger charge is 2.14. The quantitative estimate of drug-likeness (QED) is 0.675. The molecule has 0 aliphatic rings. The second-order valence-electron chi connectivity index (χ2n) is 4.81. The average Bonchev–Trinajstić information content (AvgIpc) is 2.43. The second kappa shape index (κ2) is 9.12. The molecular formula is C16H28N2. The van der Waals surface area contributed by atoms with Crippen molar-refractivity contribution in [3.8, 4) is 0 Å². The molecule has 1 atom stereocenters. The van der Waals surface area contributed by atoms with Crippen molar-refractivity contribution < 1.29 is 0 Å². The van der Waals surface area contributed by atoms with Gasteiger partial charge in [-0.1, -0.05) is 51.1 Å². The lowest BCUT2D eigenvalue weighted by Crippen LogP contribution is -2.41. The monoisotopic (exact) mass is 248 g/mol. The second-order valence-corrected chi connectivity index (χ2v) is 4.81. The van der Waals surface area contributed by atoms with Crippen LogP contribution in [-0.4, -0.2) is 30.6 Å². The summed E-state index contributed by atoms with van der Waals surface area (Å²) in [5, 5.41) is 3.54. The molecular weight excluding hydrogens is 220 g/mol. The van der Waals surface area contributed by atoms with Crippen LogP contribution in [-0.2, 0) is 6.54 Å². The number of hydrogen-bond acceptors (Lipinski definition) is 2. The van der Waals surface area contributed by atoms with Crippen molar-refractivity contribution >= 4 is 0 Å². The fourth-order valence-electron chi connectivity index (χ4n) is 2.29. The zero-order valence-electron chi connectivity index (χ0n) is 12.2. The van der Waals surface area contributed by atoms with E-state index in [2.05, 4.69) is 61.3 Å². The van der Waals surface area contributed by atoms with E-state index in [1.165, 1.54) is 18.4 Å². The molecule has 0 aromatic heterocycles. The smallest absolute Gasteiger partial charge is 0.0237 e. The molecule has 0 aliphatic carbocycles. The average molecular weight is 248 g/mol. The van der Waals surface area contributed by atoms with E-state index < -0.39 is 0 Å². The number of nitrogens with zero attached hydrogens (tertiary/aromatic N) is 1. The minimum Gasteiger partial charge on any atom is -0.315 e. The van der Waals surface area contributed by atoms with Crippen molar-refractivity contribution in [1.29, 1.82) is 0 Å². The van der Waals surface area contributed by atoms with Crippen LogP contribution in [0.3, 0.4) is 0 Å². The fraction of sp³-hybridized carbons (Fsp3) is 0.625. The van der Waals surface area contributed by atoms with Gasteiger partial charge in [-0.25, -0.2) is 0 Å². The summed E-state index contributed by atoms with van der Waals surface area (Å²) in [6.45, 7) is 11.2. The molecule has 0 aliphatic heterocycles. The highest BCUT2D eigenvalue weighted by molar-refractivity contribution is 5.14. The van der Waals surface area contributed by atoms with Gasteiger partial charge in [0.1, 0.15) is 0 Å². The van der Waals surface area contributed by atoms with Gasteiger partial charge in [-0.3, -0.25) is 4.90 Å². The summed E-state index contributed by atoms with van der Waals surface area (Å²) in [6, 6.07) is 11.4. The van der Waals surface area contributed by atoms with Crippen LogP contribution in [0.25, 0.3) is 0 Å². The van der Waals surface area contributed by atoms with E-state index in [-0.39, 0.29) is 0 Å². The Hall–Kier alpha value is -0.860. The van der Waals surface area contributed by atoms with Gasteiger partial charge in [-0.15, -0.1) is 0 Å². The standard InChI is InChI=1S/C16H28N2/c1-4-12-17-13-16(5-2)18(6-3)14-15-10-8-7-9-11-15/h7-11,16-17H,4-6,12-14H2,1-3H3. The third-order valence-corrected chi connectivity index (χ3v) is 3.43. The molecule has 0 bridgehead atoms. The first kappa shape index (κ1) is 15.2. The van der Waals surface area contributed by atoms with Crippen LogP contribution < -0.4 is 5.32 Å². The van der Waals surface area contributed by atoms with Crippen molar-refractivity contribution in [2.24, 2.45) is 0 Å². The molecule has 0 radical (unpaired) electrons. The van der Waals surface area contributed by atoms with Crippen molar-refractivity contribution in [2.75, 3.05) is 19.6 Å². The van der Waals surface area contributed by atoms with Gasteiger partial charge in [-0.05, 0) is 31.5 Å². The van der Waals surface area contributed by atoms with Gasteiger partial charge in [0.2, 0.25) is 0 Å². The molecule has 1 aromatic rings. The molecule has 18 heavy (non-hydrogen) atoms. The van der Waals surface area contributed by atoms with Gasteiger partial charge in [0, 0.05) is 19.1 Å². The minimum atomic E-state index is 0.641.